The summed E-state index contributed by atoms with van der Waals surface area (Å²) in [5.74, 6) is 0.129. The Kier molecular flexibility index (Phi) is 6.52. The maximum absolute atomic E-state index is 14.2. The van der Waals surface area contributed by atoms with Crippen LogP contribution >= 0.6 is 23.2 Å². The molecule has 2 atom stereocenters. The highest BCUT2D eigenvalue weighted by Crippen LogP contribution is 2.47. The van der Waals surface area contributed by atoms with Crippen molar-refractivity contribution >= 4 is 40.8 Å². The molecular formula is C27H28Cl2N4O2. The minimum absolute atomic E-state index is 0.222. The fourth-order valence-electron chi connectivity index (χ4n) is 6.17. The Morgan fingerprint density at radius 3 is 2.31 bits per heavy atom. The topological polar surface area (TPSA) is 67.7 Å². The Labute approximate surface area is 216 Å². The van der Waals surface area contributed by atoms with E-state index in [9.17, 15) is 14.9 Å². The number of carbonyl (C=O) groups is 2. The lowest BCUT2D eigenvalue weighted by Crippen LogP contribution is -2.53. The molecule has 2 aromatic carbocycles. The molecule has 8 heteroatoms. The Bertz CT molecular complexity index is 1170. The van der Waals surface area contributed by atoms with Crippen LogP contribution in [0.3, 0.4) is 0 Å². The third-order valence-electron chi connectivity index (χ3n) is 7.92. The fraction of sp³-hybridized carbons (Fsp3) is 0.444. The number of amides is 3. The SMILES string of the molecule is CN1C(=O)N(c2cc(Cl)cc(Cl)c2)C(=O)[C@]12CN(CC1CCCCC1)C[C@H]2c1ccc(C#N)cc1. The van der Waals surface area contributed by atoms with Gasteiger partial charge in [-0.05, 0) is 54.7 Å². The summed E-state index contributed by atoms with van der Waals surface area (Å²) < 4.78 is 0. The van der Waals surface area contributed by atoms with Crippen molar-refractivity contribution in [1.29, 1.82) is 5.26 Å². The van der Waals surface area contributed by atoms with Crippen LogP contribution in [0.5, 0.6) is 0 Å². The van der Waals surface area contributed by atoms with Gasteiger partial charge in [0.25, 0.3) is 5.91 Å². The summed E-state index contributed by atoms with van der Waals surface area (Å²) in [6, 6.07) is 13.9. The average molecular weight is 511 g/mol. The number of likely N-dealkylation sites (N-methyl/N-ethyl adjacent to an activating group) is 1. The first-order chi connectivity index (χ1) is 16.8. The van der Waals surface area contributed by atoms with Gasteiger partial charge in [-0.2, -0.15) is 5.26 Å². The summed E-state index contributed by atoms with van der Waals surface area (Å²) in [6.07, 6.45) is 6.22. The fourth-order valence-corrected chi connectivity index (χ4v) is 6.68. The quantitative estimate of drug-likeness (QED) is 0.496. The highest BCUT2D eigenvalue weighted by molar-refractivity contribution is 6.35. The first-order valence-electron chi connectivity index (χ1n) is 12.1. The van der Waals surface area contributed by atoms with Gasteiger partial charge in [-0.3, -0.25) is 9.69 Å². The Morgan fingerprint density at radius 1 is 1.03 bits per heavy atom. The second kappa shape index (κ2) is 9.46. The van der Waals surface area contributed by atoms with Gasteiger partial charge in [0.2, 0.25) is 0 Å². The first kappa shape index (κ1) is 24.1. The molecule has 2 heterocycles. The van der Waals surface area contributed by atoms with Gasteiger partial charge in [-0.15, -0.1) is 0 Å². The van der Waals surface area contributed by atoms with E-state index in [0.29, 0.717) is 40.3 Å². The number of halogens is 2. The van der Waals surface area contributed by atoms with E-state index in [1.54, 1.807) is 42.3 Å². The lowest BCUT2D eigenvalue weighted by atomic mass is 9.80. The molecule has 0 radical (unpaired) electrons. The molecule has 0 aromatic heterocycles. The molecule has 1 saturated carbocycles. The molecule has 0 N–H and O–H groups in total. The van der Waals surface area contributed by atoms with E-state index in [2.05, 4.69) is 11.0 Å². The van der Waals surface area contributed by atoms with Crippen molar-refractivity contribution in [3.8, 4) is 6.07 Å². The Balaban J connectivity index is 1.54. The van der Waals surface area contributed by atoms with Crippen LogP contribution in [0.1, 0.15) is 49.1 Å². The second-order valence-corrected chi connectivity index (χ2v) is 10.9. The normalized spacial score (nSPS) is 25.6. The van der Waals surface area contributed by atoms with Crippen molar-refractivity contribution in [2.75, 3.05) is 31.6 Å². The molecule has 35 heavy (non-hydrogen) atoms. The van der Waals surface area contributed by atoms with Gasteiger partial charge in [0.1, 0.15) is 5.54 Å². The molecule has 182 valence electrons. The van der Waals surface area contributed by atoms with Gasteiger partial charge in [-0.1, -0.05) is 54.6 Å². The van der Waals surface area contributed by atoms with Crippen molar-refractivity contribution in [3.63, 3.8) is 0 Å². The maximum atomic E-state index is 14.2. The summed E-state index contributed by atoms with van der Waals surface area (Å²) in [5.41, 5.74) is 0.853. The van der Waals surface area contributed by atoms with E-state index in [-0.39, 0.29) is 17.9 Å². The van der Waals surface area contributed by atoms with Crippen molar-refractivity contribution < 1.29 is 9.59 Å². The molecule has 2 saturated heterocycles. The highest BCUT2D eigenvalue weighted by atomic mass is 35.5. The van der Waals surface area contributed by atoms with Crippen LogP contribution in [0.15, 0.2) is 42.5 Å². The van der Waals surface area contributed by atoms with E-state index in [1.807, 2.05) is 12.1 Å². The van der Waals surface area contributed by atoms with E-state index >= 15 is 0 Å². The third-order valence-corrected chi connectivity index (χ3v) is 8.36. The number of nitriles is 1. The zero-order chi connectivity index (χ0) is 24.7. The number of anilines is 1. The third kappa shape index (κ3) is 4.20. The molecule has 3 aliphatic rings. The number of imide groups is 1. The van der Waals surface area contributed by atoms with Crippen molar-refractivity contribution in [2.45, 2.75) is 43.6 Å². The van der Waals surface area contributed by atoms with Crippen LogP contribution < -0.4 is 4.90 Å². The molecule has 1 spiro atoms. The van der Waals surface area contributed by atoms with Gasteiger partial charge < -0.3 is 4.90 Å². The van der Waals surface area contributed by atoms with Crippen LogP contribution in [0.4, 0.5) is 10.5 Å². The van der Waals surface area contributed by atoms with E-state index in [0.717, 1.165) is 12.1 Å². The number of urea groups is 1. The number of nitrogens with zero attached hydrogens (tertiary/aromatic N) is 4. The minimum atomic E-state index is -1.05. The first-order valence-corrected chi connectivity index (χ1v) is 12.9. The molecule has 0 bridgehead atoms. The van der Waals surface area contributed by atoms with Gasteiger partial charge >= 0.3 is 6.03 Å². The van der Waals surface area contributed by atoms with Crippen molar-refractivity contribution in [3.05, 3.63) is 63.6 Å². The van der Waals surface area contributed by atoms with E-state index in [4.69, 9.17) is 23.2 Å². The highest BCUT2D eigenvalue weighted by Gasteiger charge is 2.64. The molecule has 2 aromatic rings. The van der Waals surface area contributed by atoms with Crippen LogP contribution in [0.25, 0.3) is 0 Å². The molecule has 1 aliphatic carbocycles. The second-order valence-electron chi connectivity index (χ2n) is 10.0. The van der Waals surface area contributed by atoms with Gasteiger partial charge in [0, 0.05) is 42.6 Å². The minimum Gasteiger partial charge on any atom is -0.310 e. The summed E-state index contributed by atoms with van der Waals surface area (Å²) in [7, 11) is 1.72. The number of likely N-dealkylation sites (tertiary alicyclic amines) is 1. The van der Waals surface area contributed by atoms with Gasteiger partial charge in [0.15, 0.2) is 0 Å². The number of carbonyl (C=O) groups excluding carboxylic acids is 2. The number of hydrogen-bond acceptors (Lipinski definition) is 4. The number of hydrogen-bond donors (Lipinski definition) is 0. The van der Waals surface area contributed by atoms with Gasteiger partial charge in [-0.25, -0.2) is 9.69 Å². The lowest BCUT2D eigenvalue weighted by molar-refractivity contribution is -0.124. The lowest BCUT2D eigenvalue weighted by Gasteiger charge is -2.34. The predicted molar refractivity (Wildman–Crippen MR) is 137 cm³/mol. The van der Waals surface area contributed by atoms with E-state index < -0.39 is 5.54 Å². The summed E-state index contributed by atoms with van der Waals surface area (Å²) in [4.78, 5) is 33.0. The number of rotatable bonds is 4. The predicted octanol–water partition coefficient (Wildman–Crippen LogP) is 5.68. The van der Waals surface area contributed by atoms with E-state index in [1.165, 1.54) is 37.0 Å². The molecule has 6 nitrogen and oxygen atoms in total. The monoisotopic (exact) mass is 510 g/mol. The van der Waals surface area contributed by atoms with Crippen LogP contribution in [-0.2, 0) is 4.79 Å². The zero-order valence-corrected chi connectivity index (χ0v) is 21.2. The number of benzene rings is 2. The van der Waals surface area contributed by atoms with Gasteiger partial charge in [0.05, 0.1) is 17.3 Å². The smallest absolute Gasteiger partial charge is 0.310 e. The molecule has 5 rings (SSSR count). The Hall–Kier alpha value is -2.59. The van der Waals surface area contributed by atoms with Crippen molar-refractivity contribution in [1.82, 2.24) is 9.80 Å². The Morgan fingerprint density at radius 2 is 1.69 bits per heavy atom. The van der Waals surface area contributed by atoms with Crippen LogP contribution in [0, 0.1) is 17.2 Å². The average Bonchev–Trinajstić information content (AvgIpc) is 3.31. The zero-order valence-electron chi connectivity index (χ0n) is 19.7. The standard InChI is InChI=1S/C27H28Cl2N4O2/c1-31-26(35)33(23-12-21(28)11-22(29)13-23)25(34)27(31)17-32(15-19-5-3-2-4-6-19)16-24(27)20-9-7-18(14-30)8-10-20/h7-13,19,24H,2-6,15-17H2,1H3/t24-,27+/m0/s1. The molecule has 3 amide bonds. The molecular weight excluding hydrogens is 483 g/mol. The van der Waals surface area contributed by atoms with Crippen LogP contribution in [-0.4, -0.2) is 54.0 Å². The maximum Gasteiger partial charge on any atom is 0.332 e. The van der Waals surface area contributed by atoms with Crippen molar-refractivity contribution in [2.24, 2.45) is 5.92 Å². The molecule has 3 fully saturated rings. The summed E-state index contributed by atoms with van der Waals surface area (Å²) in [5, 5.41) is 9.99. The van der Waals surface area contributed by atoms with Crippen LogP contribution in [0.2, 0.25) is 10.0 Å². The molecule has 2 aliphatic heterocycles. The summed E-state index contributed by atoms with van der Waals surface area (Å²) >= 11 is 12.4. The molecule has 0 unspecified atom stereocenters. The summed E-state index contributed by atoms with van der Waals surface area (Å²) in [6.45, 7) is 2.07. The largest absolute Gasteiger partial charge is 0.332 e.